The number of rotatable bonds is 5. The van der Waals surface area contributed by atoms with Gasteiger partial charge in [0, 0.05) is 32.0 Å². The third-order valence-corrected chi connectivity index (χ3v) is 4.94. The van der Waals surface area contributed by atoms with Crippen molar-refractivity contribution in [1.29, 1.82) is 0 Å². The maximum Gasteiger partial charge on any atom is 0.191 e. The van der Waals surface area contributed by atoms with Crippen LogP contribution in [0, 0.1) is 5.92 Å². The van der Waals surface area contributed by atoms with Gasteiger partial charge in [0.15, 0.2) is 5.96 Å². The molecule has 1 aromatic heterocycles. The highest BCUT2D eigenvalue weighted by atomic mass is 15.3. The first-order chi connectivity index (χ1) is 12.2. The fourth-order valence-electron chi connectivity index (χ4n) is 3.40. The fraction of sp³-hybridized carbons (Fsp3) is 0.500. The van der Waals surface area contributed by atoms with E-state index in [1.807, 2.05) is 30.2 Å². The van der Waals surface area contributed by atoms with Crippen LogP contribution in [0.4, 0.5) is 0 Å². The van der Waals surface area contributed by atoms with Gasteiger partial charge in [-0.05, 0) is 48.8 Å². The maximum absolute atomic E-state index is 4.38. The molecule has 0 atom stereocenters. The lowest BCUT2D eigenvalue weighted by atomic mass is 9.87. The summed E-state index contributed by atoms with van der Waals surface area (Å²) >= 11 is 0. The SMILES string of the molecule is CN=C(NCc1cccc(Cn2cccn2)c1)NC1CCC(C)CC1. The molecule has 0 saturated heterocycles. The van der Waals surface area contributed by atoms with Gasteiger partial charge in [-0.3, -0.25) is 9.67 Å². The Bertz CT molecular complexity index is 669. The summed E-state index contributed by atoms with van der Waals surface area (Å²) in [5.74, 6) is 1.77. The third kappa shape index (κ3) is 5.34. The Kier molecular flexibility index (Phi) is 6.09. The molecule has 1 aromatic carbocycles. The predicted octanol–water partition coefficient (Wildman–Crippen LogP) is 3.18. The number of hydrogen-bond acceptors (Lipinski definition) is 2. The lowest BCUT2D eigenvalue weighted by Gasteiger charge is -2.28. The van der Waals surface area contributed by atoms with E-state index in [0.29, 0.717) is 6.04 Å². The van der Waals surface area contributed by atoms with E-state index in [0.717, 1.165) is 25.0 Å². The van der Waals surface area contributed by atoms with Crippen molar-refractivity contribution in [2.75, 3.05) is 7.05 Å². The van der Waals surface area contributed by atoms with E-state index in [4.69, 9.17) is 0 Å². The third-order valence-electron chi connectivity index (χ3n) is 4.94. The second kappa shape index (κ2) is 8.70. The molecule has 0 radical (unpaired) electrons. The zero-order valence-electron chi connectivity index (χ0n) is 15.3. The van der Waals surface area contributed by atoms with Crippen LogP contribution in [0.15, 0.2) is 47.7 Å². The normalized spacial score (nSPS) is 21.1. The van der Waals surface area contributed by atoms with Crippen LogP contribution in [0.1, 0.15) is 43.7 Å². The smallest absolute Gasteiger partial charge is 0.191 e. The first-order valence-electron chi connectivity index (χ1n) is 9.25. The first-order valence-corrected chi connectivity index (χ1v) is 9.25. The van der Waals surface area contributed by atoms with Crippen molar-refractivity contribution < 1.29 is 0 Å². The van der Waals surface area contributed by atoms with Gasteiger partial charge in [-0.1, -0.05) is 31.2 Å². The van der Waals surface area contributed by atoms with Crippen LogP contribution in [0.5, 0.6) is 0 Å². The molecule has 1 saturated carbocycles. The minimum Gasteiger partial charge on any atom is -0.354 e. The molecule has 0 unspecified atom stereocenters. The molecular formula is C20H29N5. The highest BCUT2D eigenvalue weighted by Crippen LogP contribution is 2.23. The van der Waals surface area contributed by atoms with Crippen LogP contribution in [0.2, 0.25) is 0 Å². The Morgan fingerprint density at radius 1 is 1.20 bits per heavy atom. The highest BCUT2D eigenvalue weighted by molar-refractivity contribution is 5.79. The predicted molar refractivity (Wildman–Crippen MR) is 103 cm³/mol. The molecule has 1 aliphatic carbocycles. The summed E-state index contributed by atoms with van der Waals surface area (Å²) in [6, 6.07) is 11.1. The number of guanidine groups is 1. The average molecular weight is 339 g/mol. The standard InChI is InChI=1S/C20H29N5/c1-16-7-9-19(10-8-16)24-20(21-2)22-14-17-5-3-6-18(13-17)15-25-12-4-11-23-25/h3-6,11-13,16,19H,7-10,14-15H2,1-2H3,(H2,21,22,24). The topological polar surface area (TPSA) is 54.2 Å². The van der Waals surface area contributed by atoms with Gasteiger partial charge in [-0.25, -0.2) is 0 Å². The van der Waals surface area contributed by atoms with E-state index in [2.05, 4.69) is 51.9 Å². The lowest BCUT2D eigenvalue weighted by Crippen LogP contribution is -2.44. The summed E-state index contributed by atoms with van der Waals surface area (Å²) in [7, 11) is 1.84. The zero-order valence-corrected chi connectivity index (χ0v) is 15.3. The van der Waals surface area contributed by atoms with Crippen LogP contribution in [-0.2, 0) is 13.1 Å². The van der Waals surface area contributed by atoms with Crippen LogP contribution in [0.3, 0.4) is 0 Å². The minimum atomic E-state index is 0.550. The van der Waals surface area contributed by atoms with E-state index in [1.165, 1.54) is 36.8 Å². The number of aliphatic imine (C=N–C) groups is 1. The molecular weight excluding hydrogens is 310 g/mol. The molecule has 1 heterocycles. The van der Waals surface area contributed by atoms with Crippen molar-refractivity contribution in [2.45, 2.75) is 51.7 Å². The van der Waals surface area contributed by atoms with E-state index < -0.39 is 0 Å². The lowest BCUT2D eigenvalue weighted by molar-refractivity contribution is 0.329. The van der Waals surface area contributed by atoms with Gasteiger partial charge in [0.1, 0.15) is 0 Å². The van der Waals surface area contributed by atoms with Crippen LogP contribution < -0.4 is 10.6 Å². The number of hydrogen-bond donors (Lipinski definition) is 2. The second-order valence-electron chi connectivity index (χ2n) is 7.05. The molecule has 134 valence electrons. The van der Waals surface area contributed by atoms with Crippen molar-refractivity contribution in [3.05, 3.63) is 53.9 Å². The molecule has 25 heavy (non-hydrogen) atoms. The number of nitrogens with zero attached hydrogens (tertiary/aromatic N) is 3. The summed E-state index contributed by atoms with van der Waals surface area (Å²) in [6.45, 7) is 3.92. The fourth-order valence-corrected chi connectivity index (χ4v) is 3.40. The van der Waals surface area contributed by atoms with Crippen molar-refractivity contribution in [2.24, 2.45) is 10.9 Å². The Labute approximate surface area is 150 Å². The molecule has 0 spiro atoms. The molecule has 1 fully saturated rings. The van der Waals surface area contributed by atoms with Crippen molar-refractivity contribution >= 4 is 5.96 Å². The van der Waals surface area contributed by atoms with Gasteiger partial charge in [0.25, 0.3) is 0 Å². The first kappa shape index (κ1) is 17.5. The van der Waals surface area contributed by atoms with E-state index in [9.17, 15) is 0 Å². The molecule has 0 amide bonds. The summed E-state index contributed by atoms with van der Waals surface area (Å²) in [5.41, 5.74) is 2.51. The van der Waals surface area contributed by atoms with Gasteiger partial charge in [0.2, 0.25) is 0 Å². The van der Waals surface area contributed by atoms with Gasteiger partial charge in [-0.15, -0.1) is 0 Å². The van der Waals surface area contributed by atoms with Crippen molar-refractivity contribution in [3.8, 4) is 0 Å². The van der Waals surface area contributed by atoms with Gasteiger partial charge >= 0.3 is 0 Å². The van der Waals surface area contributed by atoms with Gasteiger partial charge in [-0.2, -0.15) is 5.10 Å². The van der Waals surface area contributed by atoms with E-state index in [-0.39, 0.29) is 0 Å². The molecule has 5 nitrogen and oxygen atoms in total. The molecule has 1 aliphatic rings. The largest absolute Gasteiger partial charge is 0.354 e. The van der Waals surface area contributed by atoms with Crippen LogP contribution >= 0.6 is 0 Å². The Balaban J connectivity index is 1.51. The summed E-state index contributed by atoms with van der Waals surface area (Å²) in [4.78, 5) is 4.38. The molecule has 2 N–H and O–H groups in total. The quantitative estimate of drug-likeness (QED) is 0.650. The maximum atomic E-state index is 4.38. The average Bonchev–Trinajstić information content (AvgIpc) is 3.13. The number of nitrogens with one attached hydrogen (secondary N) is 2. The molecule has 5 heteroatoms. The molecule has 0 bridgehead atoms. The minimum absolute atomic E-state index is 0.550. The summed E-state index contributed by atoms with van der Waals surface area (Å²) in [5, 5.41) is 11.3. The monoisotopic (exact) mass is 339 g/mol. The Hall–Kier alpha value is -2.30. The second-order valence-corrected chi connectivity index (χ2v) is 7.05. The molecule has 0 aliphatic heterocycles. The Morgan fingerprint density at radius 2 is 2.00 bits per heavy atom. The summed E-state index contributed by atoms with van der Waals surface area (Å²) < 4.78 is 1.94. The zero-order chi connectivity index (χ0) is 17.5. The van der Waals surface area contributed by atoms with Crippen LogP contribution in [-0.4, -0.2) is 28.8 Å². The van der Waals surface area contributed by atoms with Crippen LogP contribution in [0.25, 0.3) is 0 Å². The van der Waals surface area contributed by atoms with Crippen molar-refractivity contribution in [3.63, 3.8) is 0 Å². The van der Waals surface area contributed by atoms with E-state index >= 15 is 0 Å². The highest BCUT2D eigenvalue weighted by Gasteiger charge is 2.18. The molecule has 2 aromatic rings. The van der Waals surface area contributed by atoms with Gasteiger partial charge < -0.3 is 10.6 Å². The number of benzene rings is 1. The Morgan fingerprint density at radius 3 is 2.72 bits per heavy atom. The van der Waals surface area contributed by atoms with Gasteiger partial charge in [0.05, 0.1) is 6.54 Å². The summed E-state index contributed by atoms with van der Waals surface area (Å²) in [6.07, 6.45) is 8.89. The van der Waals surface area contributed by atoms with E-state index in [1.54, 1.807) is 0 Å². The number of aromatic nitrogens is 2. The molecule has 3 rings (SSSR count). The van der Waals surface area contributed by atoms with Crippen molar-refractivity contribution in [1.82, 2.24) is 20.4 Å².